The molecule has 2 heteroatoms. The lowest BCUT2D eigenvalue weighted by Gasteiger charge is -2.16. The van der Waals surface area contributed by atoms with Gasteiger partial charge in [-0.3, -0.25) is 0 Å². The van der Waals surface area contributed by atoms with E-state index < -0.39 is 0 Å². The standard InChI is InChI=1S/C18H26N2/c1-5-9-16(7-3)17(8-4)13-15-10-11-18(20-14-15)19-12-6-2/h5-6,8-9,12,14H,1,7,10-11,13H2,2-4H3,(H,19,20)/b12-6-,16-9-,17-8-. The summed E-state index contributed by atoms with van der Waals surface area (Å²) in [5.41, 5.74) is 4.15. The molecule has 0 aromatic carbocycles. The Morgan fingerprint density at radius 3 is 2.65 bits per heavy atom. The van der Waals surface area contributed by atoms with Gasteiger partial charge in [-0.1, -0.05) is 37.8 Å². The summed E-state index contributed by atoms with van der Waals surface area (Å²) < 4.78 is 0. The zero-order chi connectivity index (χ0) is 14.8. The van der Waals surface area contributed by atoms with Crippen LogP contribution in [0.25, 0.3) is 0 Å². The second kappa shape index (κ2) is 9.13. The SMILES string of the molecule is C=C/C=C(CC)\C(=C/C)CC1=CN=C(N/C=C\C)CC1. The Morgan fingerprint density at radius 1 is 1.35 bits per heavy atom. The fourth-order valence-electron chi connectivity index (χ4n) is 2.24. The third-order valence-corrected chi connectivity index (χ3v) is 3.38. The highest BCUT2D eigenvalue weighted by Gasteiger charge is 2.10. The lowest BCUT2D eigenvalue weighted by molar-refractivity contribution is 0.885. The molecule has 0 radical (unpaired) electrons. The van der Waals surface area contributed by atoms with E-state index in [9.17, 15) is 0 Å². The molecule has 0 amide bonds. The highest BCUT2D eigenvalue weighted by atomic mass is 15.0. The Balaban J connectivity index is 2.73. The minimum Gasteiger partial charge on any atom is -0.350 e. The molecule has 0 aliphatic carbocycles. The van der Waals surface area contributed by atoms with Gasteiger partial charge in [0.1, 0.15) is 5.84 Å². The van der Waals surface area contributed by atoms with Gasteiger partial charge in [0.25, 0.3) is 0 Å². The van der Waals surface area contributed by atoms with Crippen LogP contribution in [-0.2, 0) is 0 Å². The maximum Gasteiger partial charge on any atom is 0.106 e. The summed E-state index contributed by atoms with van der Waals surface area (Å²) in [5.74, 6) is 1.05. The predicted molar refractivity (Wildman–Crippen MR) is 89.6 cm³/mol. The van der Waals surface area contributed by atoms with Crippen molar-refractivity contribution in [2.24, 2.45) is 4.99 Å². The van der Waals surface area contributed by atoms with E-state index in [1.54, 1.807) is 0 Å². The van der Waals surface area contributed by atoms with Crippen molar-refractivity contribution in [3.63, 3.8) is 0 Å². The summed E-state index contributed by atoms with van der Waals surface area (Å²) in [5, 5.41) is 3.20. The highest BCUT2D eigenvalue weighted by Crippen LogP contribution is 2.26. The molecule has 0 bridgehead atoms. The van der Waals surface area contributed by atoms with Crippen molar-refractivity contribution < 1.29 is 0 Å². The van der Waals surface area contributed by atoms with Crippen molar-refractivity contribution in [1.82, 2.24) is 5.32 Å². The Hall–Kier alpha value is -1.83. The Kier molecular flexibility index (Phi) is 7.41. The number of nitrogens with zero attached hydrogens (tertiary/aromatic N) is 1. The third-order valence-electron chi connectivity index (χ3n) is 3.38. The summed E-state index contributed by atoms with van der Waals surface area (Å²) in [7, 11) is 0. The van der Waals surface area contributed by atoms with Gasteiger partial charge in [-0.05, 0) is 56.0 Å². The second-order valence-electron chi connectivity index (χ2n) is 4.78. The van der Waals surface area contributed by atoms with Crippen molar-refractivity contribution in [3.05, 3.63) is 60.0 Å². The monoisotopic (exact) mass is 270 g/mol. The number of amidine groups is 1. The quantitative estimate of drug-likeness (QED) is 0.671. The topological polar surface area (TPSA) is 24.4 Å². The molecule has 0 atom stereocenters. The van der Waals surface area contributed by atoms with E-state index in [0.717, 1.165) is 31.5 Å². The lowest BCUT2D eigenvalue weighted by Crippen LogP contribution is -2.18. The summed E-state index contributed by atoms with van der Waals surface area (Å²) in [6, 6.07) is 0. The van der Waals surface area contributed by atoms with Crippen molar-refractivity contribution in [2.45, 2.75) is 46.5 Å². The minimum absolute atomic E-state index is 0.986. The van der Waals surface area contributed by atoms with E-state index >= 15 is 0 Å². The molecule has 1 aliphatic rings. The summed E-state index contributed by atoms with van der Waals surface area (Å²) in [6.45, 7) is 10.1. The van der Waals surface area contributed by atoms with E-state index in [2.05, 4.69) is 42.9 Å². The lowest BCUT2D eigenvalue weighted by atomic mass is 9.93. The molecule has 0 aromatic rings. The normalized spacial score (nSPS) is 16.9. The van der Waals surface area contributed by atoms with Crippen LogP contribution in [0.5, 0.6) is 0 Å². The molecule has 1 N–H and O–H groups in total. The van der Waals surface area contributed by atoms with Gasteiger partial charge in [0, 0.05) is 12.6 Å². The Bertz CT molecular complexity index is 474. The molecule has 1 aliphatic heterocycles. The van der Waals surface area contributed by atoms with Gasteiger partial charge in [-0.2, -0.15) is 0 Å². The average Bonchev–Trinajstić information content (AvgIpc) is 2.49. The summed E-state index contributed by atoms with van der Waals surface area (Å²) in [4.78, 5) is 4.49. The van der Waals surface area contributed by atoms with Crippen molar-refractivity contribution >= 4 is 5.84 Å². The molecular formula is C18H26N2. The van der Waals surface area contributed by atoms with E-state index in [0.29, 0.717) is 0 Å². The Labute approximate surface area is 123 Å². The van der Waals surface area contributed by atoms with Crippen LogP contribution in [0.15, 0.2) is 65.0 Å². The molecule has 20 heavy (non-hydrogen) atoms. The molecular weight excluding hydrogens is 244 g/mol. The number of rotatable bonds is 6. The van der Waals surface area contributed by atoms with Gasteiger partial charge >= 0.3 is 0 Å². The number of aliphatic imine (C=N–C) groups is 1. The van der Waals surface area contributed by atoms with Crippen LogP contribution in [0, 0.1) is 0 Å². The molecule has 2 nitrogen and oxygen atoms in total. The van der Waals surface area contributed by atoms with E-state index in [1.807, 2.05) is 31.5 Å². The van der Waals surface area contributed by atoms with Crippen molar-refractivity contribution in [3.8, 4) is 0 Å². The van der Waals surface area contributed by atoms with E-state index in [-0.39, 0.29) is 0 Å². The molecule has 0 saturated heterocycles. The molecule has 0 aromatic heterocycles. The first-order valence-corrected chi connectivity index (χ1v) is 7.34. The van der Waals surface area contributed by atoms with Crippen LogP contribution in [0.3, 0.4) is 0 Å². The maximum atomic E-state index is 4.49. The first-order valence-electron chi connectivity index (χ1n) is 7.34. The van der Waals surface area contributed by atoms with Crippen molar-refractivity contribution in [1.29, 1.82) is 0 Å². The largest absolute Gasteiger partial charge is 0.350 e. The van der Waals surface area contributed by atoms with Gasteiger partial charge in [-0.15, -0.1) is 0 Å². The zero-order valence-electron chi connectivity index (χ0n) is 12.9. The van der Waals surface area contributed by atoms with Gasteiger partial charge < -0.3 is 5.32 Å². The van der Waals surface area contributed by atoms with E-state index in [4.69, 9.17) is 0 Å². The smallest absolute Gasteiger partial charge is 0.106 e. The maximum absolute atomic E-state index is 4.49. The summed E-state index contributed by atoms with van der Waals surface area (Å²) >= 11 is 0. The van der Waals surface area contributed by atoms with Gasteiger partial charge in [-0.25, -0.2) is 4.99 Å². The molecule has 0 saturated carbocycles. The summed E-state index contributed by atoms with van der Waals surface area (Å²) in [6.07, 6.45) is 16.2. The van der Waals surface area contributed by atoms with Crippen LogP contribution < -0.4 is 5.32 Å². The van der Waals surface area contributed by atoms with Crippen molar-refractivity contribution in [2.75, 3.05) is 0 Å². The van der Waals surface area contributed by atoms with E-state index in [1.165, 1.54) is 16.7 Å². The zero-order valence-corrected chi connectivity index (χ0v) is 12.9. The number of allylic oxidation sites excluding steroid dienone is 7. The number of hydrogen-bond acceptors (Lipinski definition) is 2. The molecule has 0 unspecified atom stereocenters. The number of nitrogens with one attached hydrogen (secondary N) is 1. The first kappa shape index (κ1) is 16.2. The van der Waals surface area contributed by atoms with Crippen LogP contribution in [0.2, 0.25) is 0 Å². The minimum atomic E-state index is 0.986. The fourth-order valence-corrected chi connectivity index (χ4v) is 2.24. The van der Waals surface area contributed by atoms with Crippen LogP contribution in [0.4, 0.5) is 0 Å². The van der Waals surface area contributed by atoms with Gasteiger partial charge in [0.05, 0.1) is 0 Å². The molecule has 1 heterocycles. The molecule has 108 valence electrons. The third kappa shape index (κ3) is 5.04. The average molecular weight is 270 g/mol. The highest BCUT2D eigenvalue weighted by molar-refractivity contribution is 5.84. The number of hydrogen-bond donors (Lipinski definition) is 1. The Morgan fingerprint density at radius 2 is 2.15 bits per heavy atom. The van der Waals surface area contributed by atoms with Gasteiger partial charge in [0.15, 0.2) is 0 Å². The van der Waals surface area contributed by atoms with Crippen LogP contribution in [-0.4, -0.2) is 5.84 Å². The molecule has 0 fully saturated rings. The fraction of sp³-hybridized carbons (Fsp3) is 0.389. The molecule has 1 rings (SSSR count). The van der Waals surface area contributed by atoms with Gasteiger partial charge in [0.2, 0.25) is 0 Å². The van der Waals surface area contributed by atoms with Crippen LogP contribution >= 0.6 is 0 Å². The predicted octanol–water partition coefficient (Wildman–Crippen LogP) is 5.04. The second-order valence-corrected chi connectivity index (χ2v) is 4.78. The van der Waals surface area contributed by atoms with Crippen LogP contribution in [0.1, 0.15) is 46.5 Å². The first-order chi connectivity index (χ1) is 9.74. The molecule has 0 spiro atoms.